The number of nitrogens with one attached hydrogen (secondary N) is 2. The summed E-state index contributed by atoms with van der Waals surface area (Å²) in [4.78, 5) is 20.4. The van der Waals surface area contributed by atoms with E-state index in [1.807, 2.05) is 18.2 Å². The molecule has 1 saturated heterocycles. The highest BCUT2D eigenvalue weighted by molar-refractivity contribution is 7.98. The Morgan fingerprint density at radius 2 is 1.92 bits per heavy atom. The van der Waals surface area contributed by atoms with Gasteiger partial charge in [-0.1, -0.05) is 30.3 Å². The Balaban J connectivity index is 1.62. The molecule has 124 valence electrons. The summed E-state index contributed by atoms with van der Waals surface area (Å²) in [5.74, 6) is 3.47. The maximum Gasteiger partial charge on any atom is 0.234 e. The van der Waals surface area contributed by atoms with E-state index in [0.29, 0.717) is 24.2 Å². The smallest absolute Gasteiger partial charge is 0.234 e. The minimum Gasteiger partial charge on any atom is -0.341 e. The lowest BCUT2D eigenvalue weighted by molar-refractivity contribution is 0.847. The van der Waals surface area contributed by atoms with Crippen molar-refractivity contribution in [3.8, 4) is 0 Å². The van der Waals surface area contributed by atoms with Gasteiger partial charge in [0.15, 0.2) is 0 Å². The molecule has 0 saturated carbocycles. The number of hydrogen-bond donors (Lipinski definition) is 2. The Kier molecular flexibility index (Phi) is 4.46. The zero-order chi connectivity index (χ0) is 16.2. The fraction of sp³-hybridized carbons (Fsp3) is 0.375. The molecule has 1 aromatic heterocycles. The number of benzene rings is 1. The van der Waals surface area contributed by atoms with Gasteiger partial charge in [-0.05, 0) is 30.4 Å². The van der Waals surface area contributed by atoms with Crippen LogP contribution in [0.2, 0.25) is 0 Å². The van der Waals surface area contributed by atoms with Crippen molar-refractivity contribution < 1.29 is 0 Å². The Morgan fingerprint density at radius 1 is 1.08 bits per heavy atom. The van der Waals surface area contributed by atoms with Gasteiger partial charge in [-0.2, -0.15) is 15.0 Å². The summed E-state index contributed by atoms with van der Waals surface area (Å²) in [6, 6.07) is 10.3. The first-order chi connectivity index (χ1) is 11.9. The van der Waals surface area contributed by atoms with Gasteiger partial charge < -0.3 is 4.90 Å². The molecule has 1 aromatic carbocycles. The molecule has 3 heterocycles. The fourth-order valence-corrected chi connectivity index (χ4v) is 3.29. The standard InChI is InChI=1S/C16H19N7S/c1-2-6-12(7-3-1)10-13-18-15(20-14-17-11-24-22-14)21-16(19-13)23-8-4-5-9-23/h1-3,6-7H,4-5,8-11H2,(H2,17,18,19,20,21,22). The highest BCUT2D eigenvalue weighted by Gasteiger charge is 2.18. The number of anilines is 2. The van der Waals surface area contributed by atoms with Crippen LogP contribution in [-0.2, 0) is 6.42 Å². The van der Waals surface area contributed by atoms with E-state index in [1.165, 1.54) is 30.4 Å². The van der Waals surface area contributed by atoms with Gasteiger partial charge in [0.05, 0.1) is 0 Å². The predicted molar refractivity (Wildman–Crippen MR) is 97.2 cm³/mol. The van der Waals surface area contributed by atoms with Gasteiger partial charge in [-0.25, -0.2) is 4.99 Å². The zero-order valence-corrected chi connectivity index (χ0v) is 14.1. The molecule has 4 rings (SSSR count). The molecule has 1 fully saturated rings. The number of guanidine groups is 1. The predicted octanol–water partition coefficient (Wildman–Crippen LogP) is 2.04. The van der Waals surface area contributed by atoms with Crippen LogP contribution in [0, 0.1) is 0 Å². The minimum absolute atomic E-state index is 0.548. The first kappa shape index (κ1) is 15.2. The number of aliphatic imine (C=N–C) groups is 1. The molecule has 2 N–H and O–H groups in total. The van der Waals surface area contributed by atoms with Crippen molar-refractivity contribution in [1.82, 2.24) is 19.7 Å². The van der Waals surface area contributed by atoms with Crippen LogP contribution < -0.4 is 14.9 Å². The first-order valence-corrected chi connectivity index (χ1v) is 9.08. The van der Waals surface area contributed by atoms with Crippen LogP contribution in [0.15, 0.2) is 35.3 Å². The molecular formula is C16H19N7S. The SMILES string of the molecule is c1ccc(Cc2nc(NC3=NCSN3)nc(N3CCCC3)n2)cc1. The van der Waals surface area contributed by atoms with Crippen molar-refractivity contribution in [2.45, 2.75) is 19.3 Å². The third kappa shape index (κ3) is 3.59. The van der Waals surface area contributed by atoms with Crippen molar-refractivity contribution in [3.63, 3.8) is 0 Å². The van der Waals surface area contributed by atoms with Crippen LogP contribution in [-0.4, -0.2) is 39.9 Å². The second kappa shape index (κ2) is 7.04. The summed E-state index contributed by atoms with van der Waals surface area (Å²) in [5.41, 5.74) is 1.19. The molecule has 0 unspecified atom stereocenters. The monoisotopic (exact) mass is 341 g/mol. The summed E-state index contributed by atoms with van der Waals surface area (Å²) < 4.78 is 3.10. The van der Waals surface area contributed by atoms with Crippen LogP contribution in [0.25, 0.3) is 0 Å². The lowest BCUT2D eigenvalue weighted by Crippen LogP contribution is -2.26. The Morgan fingerprint density at radius 3 is 2.67 bits per heavy atom. The van der Waals surface area contributed by atoms with E-state index in [-0.39, 0.29) is 0 Å². The van der Waals surface area contributed by atoms with Gasteiger partial charge in [0.2, 0.25) is 17.9 Å². The van der Waals surface area contributed by atoms with Gasteiger partial charge in [0, 0.05) is 19.5 Å². The van der Waals surface area contributed by atoms with Crippen LogP contribution in [0.5, 0.6) is 0 Å². The van der Waals surface area contributed by atoms with E-state index in [4.69, 9.17) is 0 Å². The Bertz CT molecular complexity index is 728. The molecule has 0 radical (unpaired) electrons. The van der Waals surface area contributed by atoms with Crippen molar-refractivity contribution >= 4 is 29.8 Å². The molecular weight excluding hydrogens is 322 g/mol. The van der Waals surface area contributed by atoms with Gasteiger partial charge in [-0.15, -0.1) is 0 Å². The maximum atomic E-state index is 4.68. The quantitative estimate of drug-likeness (QED) is 0.824. The number of nitrogens with zero attached hydrogens (tertiary/aromatic N) is 5. The molecule has 0 atom stereocenters. The molecule has 2 aliphatic rings. The van der Waals surface area contributed by atoms with Crippen LogP contribution in [0.1, 0.15) is 24.2 Å². The molecule has 0 spiro atoms. The highest BCUT2D eigenvalue weighted by atomic mass is 32.2. The lowest BCUT2D eigenvalue weighted by atomic mass is 10.1. The van der Waals surface area contributed by atoms with Gasteiger partial charge >= 0.3 is 0 Å². The summed E-state index contributed by atoms with van der Waals surface area (Å²) in [5, 5.41) is 3.16. The van der Waals surface area contributed by atoms with E-state index < -0.39 is 0 Å². The van der Waals surface area contributed by atoms with Gasteiger partial charge in [-0.3, -0.25) is 10.0 Å². The third-order valence-corrected chi connectivity index (χ3v) is 4.55. The molecule has 8 heteroatoms. The molecule has 2 aromatic rings. The molecule has 2 aliphatic heterocycles. The van der Waals surface area contributed by atoms with Gasteiger partial charge in [0.1, 0.15) is 11.7 Å². The lowest BCUT2D eigenvalue weighted by Gasteiger charge is -2.17. The number of aromatic nitrogens is 3. The summed E-state index contributed by atoms with van der Waals surface area (Å²) in [6.45, 7) is 2.01. The van der Waals surface area contributed by atoms with E-state index in [1.54, 1.807) is 0 Å². The minimum atomic E-state index is 0.548. The van der Waals surface area contributed by atoms with Crippen molar-refractivity contribution in [2.24, 2.45) is 4.99 Å². The van der Waals surface area contributed by atoms with Crippen LogP contribution >= 0.6 is 11.9 Å². The van der Waals surface area contributed by atoms with E-state index in [0.717, 1.165) is 24.9 Å². The van der Waals surface area contributed by atoms with Crippen molar-refractivity contribution in [2.75, 3.05) is 29.2 Å². The fourth-order valence-electron chi connectivity index (χ4n) is 2.78. The number of rotatable bonds is 4. The number of hydrogen-bond acceptors (Lipinski definition) is 8. The zero-order valence-electron chi connectivity index (χ0n) is 13.3. The first-order valence-electron chi connectivity index (χ1n) is 8.10. The second-order valence-electron chi connectivity index (χ2n) is 5.74. The van der Waals surface area contributed by atoms with E-state index >= 15 is 0 Å². The van der Waals surface area contributed by atoms with Crippen molar-refractivity contribution in [3.05, 3.63) is 41.7 Å². The largest absolute Gasteiger partial charge is 0.341 e. The molecule has 0 bridgehead atoms. The Labute approximate surface area is 145 Å². The molecule has 0 amide bonds. The normalized spacial score (nSPS) is 16.8. The van der Waals surface area contributed by atoms with Crippen molar-refractivity contribution in [1.29, 1.82) is 0 Å². The summed E-state index contributed by atoms with van der Waals surface area (Å²) >= 11 is 1.54. The molecule has 24 heavy (non-hydrogen) atoms. The van der Waals surface area contributed by atoms with Crippen LogP contribution in [0.4, 0.5) is 11.9 Å². The topological polar surface area (TPSA) is 78.3 Å². The Hall–Kier alpha value is -2.35. The maximum absolute atomic E-state index is 4.68. The highest BCUT2D eigenvalue weighted by Crippen LogP contribution is 2.18. The van der Waals surface area contributed by atoms with Crippen LogP contribution in [0.3, 0.4) is 0 Å². The average Bonchev–Trinajstić information content (AvgIpc) is 3.29. The average molecular weight is 341 g/mol. The van der Waals surface area contributed by atoms with Gasteiger partial charge in [0.25, 0.3) is 0 Å². The summed E-state index contributed by atoms with van der Waals surface area (Å²) in [6.07, 6.45) is 3.06. The third-order valence-electron chi connectivity index (χ3n) is 3.95. The second-order valence-corrected chi connectivity index (χ2v) is 6.49. The van der Waals surface area contributed by atoms with E-state index in [9.17, 15) is 0 Å². The summed E-state index contributed by atoms with van der Waals surface area (Å²) in [7, 11) is 0. The molecule has 0 aliphatic carbocycles. The van der Waals surface area contributed by atoms with E-state index in [2.05, 4.69) is 47.0 Å². The molecule has 7 nitrogen and oxygen atoms in total.